The number of rotatable bonds is 7. The van der Waals surface area contributed by atoms with E-state index in [1.54, 1.807) is 43.1 Å². The molecule has 2 aliphatic heterocycles. The molecular formula is C19H22Cl2N4O4S. The summed E-state index contributed by atoms with van der Waals surface area (Å²) in [5.74, 6) is 0.669. The summed E-state index contributed by atoms with van der Waals surface area (Å²) in [4.78, 5) is 32.1. The SMILES string of the molecule is C/C(Cl)=C/CSC1=NC2C(C(=O)NC(=O)N2C)N1CC(O)COc1ccc(Cl)cc1. The molecule has 162 valence electrons. The minimum Gasteiger partial charge on any atom is -0.491 e. The minimum atomic E-state index is -0.897. The van der Waals surface area contributed by atoms with Crippen LogP contribution in [0.4, 0.5) is 4.79 Å². The number of amides is 3. The molecule has 1 saturated heterocycles. The van der Waals surface area contributed by atoms with E-state index < -0.39 is 30.2 Å². The molecule has 0 aliphatic carbocycles. The van der Waals surface area contributed by atoms with Crippen molar-refractivity contribution in [1.29, 1.82) is 0 Å². The lowest BCUT2D eigenvalue weighted by molar-refractivity contribution is -0.127. The maximum absolute atomic E-state index is 12.5. The molecular weight excluding hydrogens is 451 g/mol. The summed E-state index contributed by atoms with van der Waals surface area (Å²) < 4.78 is 5.61. The summed E-state index contributed by atoms with van der Waals surface area (Å²) >= 11 is 13.1. The summed E-state index contributed by atoms with van der Waals surface area (Å²) in [5.41, 5.74) is 0. The lowest BCUT2D eigenvalue weighted by Crippen LogP contribution is -2.64. The van der Waals surface area contributed by atoms with Crippen LogP contribution < -0.4 is 10.1 Å². The number of hydrogen-bond acceptors (Lipinski definition) is 7. The van der Waals surface area contributed by atoms with E-state index >= 15 is 0 Å². The van der Waals surface area contributed by atoms with Gasteiger partial charge >= 0.3 is 6.03 Å². The van der Waals surface area contributed by atoms with Gasteiger partial charge in [0.1, 0.15) is 18.5 Å². The van der Waals surface area contributed by atoms with Gasteiger partial charge < -0.3 is 19.6 Å². The van der Waals surface area contributed by atoms with Crippen LogP contribution in [0.1, 0.15) is 6.92 Å². The fourth-order valence-corrected chi connectivity index (χ4v) is 4.36. The smallest absolute Gasteiger partial charge is 0.325 e. The lowest BCUT2D eigenvalue weighted by atomic mass is 10.1. The zero-order valence-corrected chi connectivity index (χ0v) is 18.7. The van der Waals surface area contributed by atoms with Crippen molar-refractivity contribution in [2.75, 3.05) is 26.0 Å². The molecule has 0 saturated carbocycles. The third-order valence-corrected chi connectivity index (χ3v) is 5.90. The molecule has 0 aromatic heterocycles. The number of aliphatic hydroxyl groups excluding tert-OH is 1. The average molecular weight is 473 g/mol. The number of carbonyl (C=O) groups excluding carboxylic acids is 2. The molecule has 0 spiro atoms. The Balaban J connectivity index is 1.70. The number of nitrogens with zero attached hydrogens (tertiary/aromatic N) is 3. The Kier molecular flexibility index (Phi) is 7.51. The molecule has 1 fully saturated rings. The van der Waals surface area contributed by atoms with Gasteiger partial charge in [-0.1, -0.05) is 41.0 Å². The molecule has 30 heavy (non-hydrogen) atoms. The Morgan fingerprint density at radius 2 is 2.10 bits per heavy atom. The first-order valence-corrected chi connectivity index (χ1v) is 10.9. The van der Waals surface area contributed by atoms with E-state index in [0.717, 1.165) is 0 Å². The second kappa shape index (κ2) is 9.91. The first-order chi connectivity index (χ1) is 14.3. The highest BCUT2D eigenvalue weighted by atomic mass is 35.5. The van der Waals surface area contributed by atoms with Crippen molar-refractivity contribution in [3.8, 4) is 5.75 Å². The number of thioether (sulfide) groups is 1. The van der Waals surface area contributed by atoms with Gasteiger partial charge in [-0.15, -0.1) is 0 Å². The zero-order chi connectivity index (χ0) is 21.8. The van der Waals surface area contributed by atoms with Crippen molar-refractivity contribution in [2.45, 2.75) is 25.2 Å². The van der Waals surface area contributed by atoms with Gasteiger partial charge in [0.05, 0.1) is 6.54 Å². The summed E-state index contributed by atoms with van der Waals surface area (Å²) in [5, 5.41) is 14.7. The number of imide groups is 1. The van der Waals surface area contributed by atoms with Crippen molar-refractivity contribution >= 4 is 52.1 Å². The third kappa shape index (κ3) is 5.40. The van der Waals surface area contributed by atoms with Crippen LogP contribution in [0.2, 0.25) is 5.02 Å². The van der Waals surface area contributed by atoms with E-state index in [2.05, 4.69) is 10.3 Å². The van der Waals surface area contributed by atoms with Crippen LogP contribution in [0.3, 0.4) is 0 Å². The number of aliphatic imine (C=N–C) groups is 1. The van der Waals surface area contributed by atoms with Crippen molar-refractivity contribution in [3.63, 3.8) is 0 Å². The molecule has 1 aromatic carbocycles. The third-order valence-electron chi connectivity index (χ3n) is 4.56. The monoisotopic (exact) mass is 472 g/mol. The first-order valence-electron chi connectivity index (χ1n) is 9.20. The number of benzene rings is 1. The highest BCUT2D eigenvalue weighted by Crippen LogP contribution is 2.29. The van der Waals surface area contributed by atoms with E-state index in [-0.39, 0.29) is 13.2 Å². The second-order valence-electron chi connectivity index (χ2n) is 6.85. The molecule has 3 rings (SSSR count). The number of likely N-dealkylation sites (N-methyl/N-ethyl adjacent to an activating group) is 1. The number of urea groups is 1. The van der Waals surface area contributed by atoms with E-state index in [0.29, 0.717) is 26.7 Å². The number of allylic oxidation sites excluding steroid dienone is 1. The fraction of sp³-hybridized carbons (Fsp3) is 0.421. The van der Waals surface area contributed by atoms with Gasteiger partial charge in [0.15, 0.2) is 17.4 Å². The molecule has 2 heterocycles. The highest BCUT2D eigenvalue weighted by Gasteiger charge is 2.48. The predicted molar refractivity (Wildman–Crippen MR) is 118 cm³/mol. The number of halogens is 2. The van der Waals surface area contributed by atoms with Gasteiger partial charge in [0.2, 0.25) is 0 Å². The number of hydrogen-bond donors (Lipinski definition) is 2. The van der Waals surface area contributed by atoms with Gasteiger partial charge in [-0.2, -0.15) is 0 Å². The molecule has 1 aromatic rings. The highest BCUT2D eigenvalue weighted by molar-refractivity contribution is 8.13. The number of amidine groups is 1. The molecule has 3 amide bonds. The topological polar surface area (TPSA) is 94.5 Å². The molecule has 2 N–H and O–H groups in total. The Morgan fingerprint density at radius 3 is 2.77 bits per heavy atom. The number of aliphatic hydroxyl groups is 1. The van der Waals surface area contributed by atoms with Crippen LogP contribution in [0, 0.1) is 0 Å². The Hall–Kier alpha value is -1.94. The van der Waals surface area contributed by atoms with E-state index in [9.17, 15) is 14.7 Å². The number of fused-ring (bicyclic) bond motifs is 1. The van der Waals surface area contributed by atoms with Crippen LogP contribution in [-0.4, -0.2) is 76.3 Å². The van der Waals surface area contributed by atoms with Crippen LogP contribution in [-0.2, 0) is 4.79 Å². The Morgan fingerprint density at radius 1 is 1.40 bits per heavy atom. The van der Waals surface area contributed by atoms with Crippen LogP contribution in [0.25, 0.3) is 0 Å². The maximum atomic E-state index is 12.5. The fourth-order valence-electron chi connectivity index (χ4n) is 3.05. The van der Waals surface area contributed by atoms with Gasteiger partial charge in [-0.05, 0) is 31.2 Å². The van der Waals surface area contributed by atoms with Gasteiger partial charge in [0, 0.05) is 22.9 Å². The minimum absolute atomic E-state index is 0.0184. The number of ether oxygens (including phenoxy) is 1. The molecule has 3 unspecified atom stereocenters. The van der Waals surface area contributed by atoms with Gasteiger partial charge in [-0.3, -0.25) is 10.1 Å². The molecule has 11 heteroatoms. The summed E-state index contributed by atoms with van der Waals surface area (Å²) in [6.45, 7) is 1.90. The van der Waals surface area contributed by atoms with Gasteiger partial charge in [-0.25, -0.2) is 9.79 Å². The van der Waals surface area contributed by atoms with Gasteiger partial charge in [0.25, 0.3) is 5.91 Å². The normalized spacial score (nSPS) is 22.6. The van der Waals surface area contributed by atoms with E-state index in [1.807, 2.05) is 6.08 Å². The summed E-state index contributed by atoms with van der Waals surface area (Å²) in [7, 11) is 1.58. The number of carbonyl (C=O) groups is 2. The number of nitrogens with one attached hydrogen (secondary N) is 1. The zero-order valence-electron chi connectivity index (χ0n) is 16.4. The quantitative estimate of drug-likeness (QED) is 0.632. The molecule has 2 aliphatic rings. The molecule has 3 atom stereocenters. The van der Waals surface area contributed by atoms with Crippen molar-refractivity contribution < 1.29 is 19.4 Å². The Bertz CT molecular complexity index is 861. The lowest BCUT2D eigenvalue weighted by Gasteiger charge is -2.36. The second-order valence-corrected chi connectivity index (χ2v) is 8.87. The van der Waals surface area contributed by atoms with E-state index in [1.165, 1.54) is 16.7 Å². The first kappa shape index (κ1) is 22.7. The molecule has 0 radical (unpaired) electrons. The van der Waals surface area contributed by atoms with E-state index in [4.69, 9.17) is 27.9 Å². The Labute approximate surface area is 188 Å². The largest absolute Gasteiger partial charge is 0.491 e. The van der Waals surface area contributed by atoms with Crippen molar-refractivity contribution in [2.24, 2.45) is 4.99 Å². The summed E-state index contributed by atoms with van der Waals surface area (Å²) in [6, 6.07) is 5.59. The predicted octanol–water partition coefficient (Wildman–Crippen LogP) is 2.50. The average Bonchev–Trinajstić information content (AvgIpc) is 3.04. The van der Waals surface area contributed by atoms with Crippen LogP contribution in [0.5, 0.6) is 5.75 Å². The van der Waals surface area contributed by atoms with Crippen molar-refractivity contribution in [3.05, 3.63) is 40.4 Å². The van der Waals surface area contributed by atoms with Crippen LogP contribution >= 0.6 is 35.0 Å². The van der Waals surface area contributed by atoms with Crippen LogP contribution in [0.15, 0.2) is 40.4 Å². The standard InChI is InChI=1S/C19H22Cl2N4O4S/c1-11(20)7-8-30-19-22-16-15(17(27)23-18(28)24(16)2)25(19)9-13(26)10-29-14-5-3-12(21)4-6-14/h3-7,13,15-16,26H,8-10H2,1-2H3,(H,23,27,28)/b11-7-. The maximum Gasteiger partial charge on any atom is 0.325 e. The molecule has 8 nitrogen and oxygen atoms in total. The molecule has 0 bridgehead atoms. The number of β-amino-alcohol motifs (C(OH)–C–C–N with tert-alkyl or cyclic N) is 1. The van der Waals surface area contributed by atoms with Crippen molar-refractivity contribution in [1.82, 2.24) is 15.1 Å². The summed E-state index contributed by atoms with van der Waals surface area (Å²) in [6.07, 6.45) is 0.273.